The van der Waals surface area contributed by atoms with Crippen molar-refractivity contribution >= 4 is 0 Å². The molecule has 24 heavy (non-hydrogen) atoms. The Balaban J connectivity index is 2.05. The van der Waals surface area contributed by atoms with Crippen LogP contribution in [0.2, 0.25) is 0 Å². The molecular weight excluding hydrogens is 294 g/mol. The number of nitrogens with zero attached hydrogens (tertiary/aromatic N) is 1. The molecule has 0 aliphatic carbocycles. The van der Waals surface area contributed by atoms with Gasteiger partial charge in [0.15, 0.2) is 0 Å². The molecule has 2 aromatic carbocycles. The maximum Gasteiger partial charge on any atom is 0.0434 e. The molecule has 0 amide bonds. The van der Waals surface area contributed by atoms with Gasteiger partial charge in [0.25, 0.3) is 0 Å². The molecule has 2 heteroatoms. The van der Waals surface area contributed by atoms with Crippen LogP contribution in [0.15, 0.2) is 60.7 Å². The van der Waals surface area contributed by atoms with Crippen LogP contribution in [0.25, 0.3) is 0 Å². The Bertz CT molecular complexity index is 499. The van der Waals surface area contributed by atoms with E-state index in [4.69, 9.17) is 0 Å². The first-order chi connectivity index (χ1) is 11.8. The van der Waals surface area contributed by atoms with Crippen LogP contribution in [0.4, 0.5) is 0 Å². The highest BCUT2D eigenvalue weighted by molar-refractivity contribution is 5.17. The Kier molecular flexibility index (Phi) is 8.58. The topological polar surface area (TPSA) is 23.5 Å². The highest BCUT2D eigenvalue weighted by Crippen LogP contribution is 2.18. The summed E-state index contributed by atoms with van der Waals surface area (Å²) >= 11 is 0. The van der Waals surface area contributed by atoms with Gasteiger partial charge in [-0.05, 0) is 29.9 Å². The number of benzene rings is 2. The Morgan fingerprint density at radius 1 is 0.833 bits per heavy atom. The second-order valence-corrected chi connectivity index (χ2v) is 6.66. The molecule has 1 atom stereocenters. The van der Waals surface area contributed by atoms with Gasteiger partial charge in [0, 0.05) is 26.2 Å². The lowest BCUT2D eigenvalue weighted by Crippen LogP contribution is -2.29. The molecule has 0 saturated heterocycles. The van der Waals surface area contributed by atoms with Crippen LogP contribution in [0.5, 0.6) is 0 Å². The smallest absolute Gasteiger partial charge is 0.0434 e. The average Bonchev–Trinajstić information content (AvgIpc) is 2.61. The number of aliphatic hydroxyl groups excluding tert-OH is 1. The van der Waals surface area contributed by atoms with E-state index in [2.05, 4.69) is 72.5 Å². The molecule has 0 aromatic heterocycles. The van der Waals surface area contributed by atoms with E-state index in [1.807, 2.05) is 0 Å². The highest BCUT2D eigenvalue weighted by Gasteiger charge is 2.15. The van der Waals surface area contributed by atoms with E-state index in [1.165, 1.54) is 30.4 Å². The lowest BCUT2D eigenvalue weighted by atomic mass is 9.97. The zero-order valence-electron chi connectivity index (χ0n) is 14.9. The van der Waals surface area contributed by atoms with Gasteiger partial charge in [0.05, 0.1) is 0 Å². The van der Waals surface area contributed by atoms with Gasteiger partial charge in [-0.3, -0.25) is 4.90 Å². The van der Waals surface area contributed by atoms with Crippen LogP contribution in [-0.2, 0) is 13.1 Å². The van der Waals surface area contributed by atoms with E-state index in [-0.39, 0.29) is 0 Å². The van der Waals surface area contributed by atoms with Crippen molar-refractivity contribution in [1.82, 2.24) is 4.90 Å². The number of rotatable bonds is 11. The van der Waals surface area contributed by atoms with Crippen molar-refractivity contribution in [3.63, 3.8) is 0 Å². The zero-order chi connectivity index (χ0) is 17.0. The normalized spacial score (nSPS) is 12.5. The van der Waals surface area contributed by atoms with Crippen molar-refractivity contribution in [3.8, 4) is 0 Å². The lowest BCUT2D eigenvalue weighted by Gasteiger charge is -2.27. The molecule has 0 aliphatic rings. The highest BCUT2D eigenvalue weighted by atomic mass is 16.3. The number of hydrogen-bond donors (Lipinski definition) is 1. The largest absolute Gasteiger partial charge is 0.396 e. The SMILES string of the molecule is CCCC[C@@H](CCO)CN(Cc1ccccc1)Cc1ccccc1. The standard InChI is InChI=1S/C22H31NO/c1-2-3-10-22(15-16-24)19-23(17-20-11-6-4-7-12-20)18-21-13-8-5-9-14-21/h4-9,11-14,22,24H,2-3,10,15-19H2,1H3/t22-/m0/s1. The van der Waals surface area contributed by atoms with E-state index in [1.54, 1.807) is 0 Å². The van der Waals surface area contributed by atoms with Gasteiger partial charge in [-0.1, -0.05) is 80.4 Å². The molecule has 0 radical (unpaired) electrons. The van der Waals surface area contributed by atoms with Crippen LogP contribution >= 0.6 is 0 Å². The Morgan fingerprint density at radius 2 is 1.38 bits per heavy atom. The van der Waals surface area contributed by atoms with E-state index in [0.717, 1.165) is 26.1 Å². The second-order valence-electron chi connectivity index (χ2n) is 6.66. The summed E-state index contributed by atoms with van der Waals surface area (Å²) in [6, 6.07) is 21.4. The quantitative estimate of drug-likeness (QED) is 0.636. The van der Waals surface area contributed by atoms with Gasteiger partial charge in [-0.15, -0.1) is 0 Å². The fourth-order valence-electron chi connectivity index (χ4n) is 3.24. The van der Waals surface area contributed by atoms with E-state index >= 15 is 0 Å². The monoisotopic (exact) mass is 325 g/mol. The summed E-state index contributed by atoms with van der Waals surface area (Å²) in [4.78, 5) is 2.53. The molecule has 0 spiro atoms. The summed E-state index contributed by atoms with van der Waals surface area (Å²) in [7, 11) is 0. The van der Waals surface area contributed by atoms with E-state index in [0.29, 0.717) is 12.5 Å². The molecule has 1 N–H and O–H groups in total. The van der Waals surface area contributed by atoms with Gasteiger partial charge in [0.2, 0.25) is 0 Å². The van der Waals surface area contributed by atoms with Gasteiger partial charge in [-0.2, -0.15) is 0 Å². The first kappa shape index (κ1) is 18.7. The molecular formula is C22H31NO. The third-order valence-corrected chi connectivity index (χ3v) is 4.52. The predicted octanol–water partition coefficient (Wildman–Crippen LogP) is 4.88. The van der Waals surface area contributed by atoms with Crippen molar-refractivity contribution in [2.75, 3.05) is 13.2 Å². The zero-order valence-corrected chi connectivity index (χ0v) is 14.9. The summed E-state index contributed by atoms with van der Waals surface area (Å²) in [5.74, 6) is 0.572. The van der Waals surface area contributed by atoms with Gasteiger partial charge in [0.1, 0.15) is 0 Å². The van der Waals surface area contributed by atoms with Crippen molar-refractivity contribution in [3.05, 3.63) is 71.8 Å². The summed E-state index contributed by atoms with van der Waals surface area (Å²) in [6.07, 6.45) is 4.58. The van der Waals surface area contributed by atoms with Crippen LogP contribution in [0, 0.1) is 5.92 Å². The van der Waals surface area contributed by atoms with E-state index in [9.17, 15) is 5.11 Å². The number of aliphatic hydroxyl groups is 1. The predicted molar refractivity (Wildman–Crippen MR) is 102 cm³/mol. The van der Waals surface area contributed by atoms with Crippen LogP contribution in [-0.4, -0.2) is 23.2 Å². The van der Waals surface area contributed by atoms with E-state index < -0.39 is 0 Å². The average molecular weight is 325 g/mol. The van der Waals surface area contributed by atoms with Crippen molar-refractivity contribution < 1.29 is 5.11 Å². The third-order valence-electron chi connectivity index (χ3n) is 4.52. The molecule has 0 saturated carbocycles. The Labute approximate surface area is 147 Å². The summed E-state index contributed by atoms with van der Waals surface area (Å²) in [5, 5.41) is 9.41. The first-order valence-electron chi connectivity index (χ1n) is 9.23. The second kappa shape index (κ2) is 11.0. The Morgan fingerprint density at radius 3 is 1.83 bits per heavy atom. The summed E-state index contributed by atoms with van der Waals surface area (Å²) < 4.78 is 0. The maximum atomic E-state index is 9.41. The van der Waals surface area contributed by atoms with Crippen molar-refractivity contribution in [1.29, 1.82) is 0 Å². The summed E-state index contributed by atoms with van der Waals surface area (Å²) in [6.45, 7) is 5.50. The molecule has 0 heterocycles. The molecule has 0 bridgehead atoms. The molecule has 130 valence electrons. The number of hydrogen-bond acceptors (Lipinski definition) is 2. The van der Waals surface area contributed by atoms with Gasteiger partial charge < -0.3 is 5.11 Å². The minimum atomic E-state index is 0.291. The van der Waals surface area contributed by atoms with Crippen molar-refractivity contribution in [2.45, 2.75) is 45.7 Å². The minimum absolute atomic E-state index is 0.291. The fourth-order valence-corrected chi connectivity index (χ4v) is 3.24. The number of unbranched alkanes of at least 4 members (excludes halogenated alkanes) is 1. The van der Waals surface area contributed by atoms with Crippen LogP contribution in [0.1, 0.15) is 43.7 Å². The van der Waals surface area contributed by atoms with Crippen LogP contribution < -0.4 is 0 Å². The van der Waals surface area contributed by atoms with Crippen LogP contribution in [0.3, 0.4) is 0 Å². The molecule has 0 aliphatic heterocycles. The minimum Gasteiger partial charge on any atom is -0.396 e. The fraction of sp³-hybridized carbons (Fsp3) is 0.455. The van der Waals surface area contributed by atoms with Crippen molar-refractivity contribution in [2.24, 2.45) is 5.92 Å². The first-order valence-corrected chi connectivity index (χ1v) is 9.23. The third kappa shape index (κ3) is 6.86. The molecule has 2 aromatic rings. The maximum absolute atomic E-state index is 9.41. The Hall–Kier alpha value is -1.64. The molecule has 2 rings (SSSR count). The lowest BCUT2D eigenvalue weighted by molar-refractivity contribution is 0.175. The molecule has 0 unspecified atom stereocenters. The van der Waals surface area contributed by atoms with Gasteiger partial charge in [-0.25, -0.2) is 0 Å². The molecule has 2 nitrogen and oxygen atoms in total. The summed E-state index contributed by atoms with van der Waals surface area (Å²) in [5.41, 5.74) is 2.71. The van der Waals surface area contributed by atoms with Gasteiger partial charge >= 0.3 is 0 Å². The molecule has 0 fully saturated rings.